The average Bonchev–Trinajstić information content (AvgIpc) is 2.98. The van der Waals surface area contributed by atoms with Crippen LogP contribution in [0.25, 0.3) is 0 Å². The van der Waals surface area contributed by atoms with E-state index in [9.17, 15) is 13.2 Å². The number of aliphatic carboxylic acids is 1. The Kier molecular flexibility index (Phi) is 7.45. The Morgan fingerprint density at radius 3 is 2.21 bits per heavy atom. The molecule has 2 aliphatic rings. The molecule has 0 aromatic heterocycles. The number of hydrogen-bond acceptors (Lipinski definition) is 4. The summed E-state index contributed by atoms with van der Waals surface area (Å²) in [5, 5.41) is 9.11. The lowest BCUT2D eigenvalue weighted by Crippen LogP contribution is -2.48. The Morgan fingerprint density at radius 1 is 1.04 bits per heavy atom. The van der Waals surface area contributed by atoms with Crippen molar-refractivity contribution in [2.45, 2.75) is 44.6 Å². The van der Waals surface area contributed by atoms with E-state index in [4.69, 9.17) is 5.11 Å². The Hall–Kier alpha value is -1.48. The van der Waals surface area contributed by atoms with Crippen molar-refractivity contribution in [1.82, 2.24) is 13.9 Å². The predicted octanol–water partition coefficient (Wildman–Crippen LogP) is 2.23. The third kappa shape index (κ3) is 5.53. The largest absolute Gasteiger partial charge is 0.481 e. The fourth-order valence-electron chi connectivity index (χ4n) is 4.16. The molecule has 2 aliphatic heterocycles. The molecule has 0 radical (unpaired) electrons. The number of carboxylic acid groups (broad SMARTS) is 1. The van der Waals surface area contributed by atoms with Crippen molar-refractivity contribution < 1.29 is 18.3 Å². The normalized spacial score (nSPS) is 21.9. The molecule has 1 unspecified atom stereocenters. The van der Waals surface area contributed by atoms with Crippen LogP contribution in [0.15, 0.2) is 30.3 Å². The van der Waals surface area contributed by atoms with Gasteiger partial charge in [0.2, 0.25) is 0 Å². The van der Waals surface area contributed by atoms with Crippen LogP contribution in [-0.2, 0) is 15.0 Å². The molecule has 7 nitrogen and oxygen atoms in total. The van der Waals surface area contributed by atoms with Crippen molar-refractivity contribution in [2.75, 3.05) is 32.7 Å². The molecule has 2 N–H and O–H groups in total. The van der Waals surface area contributed by atoms with Gasteiger partial charge in [-0.3, -0.25) is 9.69 Å². The maximum Gasteiger partial charge on any atom is 0.306 e. The number of rotatable bonds is 7. The minimum absolute atomic E-state index is 0.00522. The molecule has 0 spiro atoms. The van der Waals surface area contributed by atoms with Gasteiger partial charge in [0.15, 0.2) is 0 Å². The first-order valence-corrected chi connectivity index (χ1v) is 11.7. The number of likely N-dealkylation sites (tertiary alicyclic amines) is 1. The molecule has 28 heavy (non-hydrogen) atoms. The second kappa shape index (κ2) is 9.82. The molecule has 0 aliphatic carbocycles. The van der Waals surface area contributed by atoms with Gasteiger partial charge in [-0.1, -0.05) is 43.2 Å². The standard InChI is InChI=1S/C20H31N3O4S/c24-20(25)18-10-14-23(15-11-18)28(26,27)21-16-19(17-8-4-3-5-9-17)22-12-6-1-2-7-13-22/h3-5,8-9,18-19,21H,1-2,6-7,10-16H2,(H,24,25). The van der Waals surface area contributed by atoms with E-state index in [-0.39, 0.29) is 19.1 Å². The van der Waals surface area contributed by atoms with Crippen molar-refractivity contribution in [3.05, 3.63) is 35.9 Å². The Morgan fingerprint density at radius 2 is 1.64 bits per heavy atom. The average molecular weight is 410 g/mol. The van der Waals surface area contributed by atoms with E-state index >= 15 is 0 Å². The van der Waals surface area contributed by atoms with Crippen LogP contribution in [0.3, 0.4) is 0 Å². The highest BCUT2D eigenvalue weighted by molar-refractivity contribution is 7.87. The maximum atomic E-state index is 12.8. The molecular formula is C20H31N3O4S. The van der Waals surface area contributed by atoms with Gasteiger partial charge in [0.05, 0.1) is 5.92 Å². The fraction of sp³-hybridized carbons (Fsp3) is 0.650. The first kappa shape index (κ1) is 21.2. The lowest BCUT2D eigenvalue weighted by molar-refractivity contribution is -0.142. The van der Waals surface area contributed by atoms with E-state index in [1.165, 1.54) is 17.1 Å². The first-order valence-electron chi connectivity index (χ1n) is 10.2. The zero-order valence-electron chi connectivity index (χ0n) is 16.3. The number of nitrogens with one attached hydrogen (secondary N) is 1. The van der Waals surface area contributed by atoms with Gasteiger partial charge in [0.25, 0.3) is 10.2 Å². The topological polar surface area (TPSA) is 90.0 Å². The fourth-order valence-corrected chi connectivity index (χ4v) is 5.40. The quantitative estimate of drug-likeness (QED) is 0.721. The summed E-state index contributed by atoms with van der Waals surface area (Å²) in [5.41, 5.74) is 1.12. The van der Waals surface area contributed by atoms with E-state index in [0.29, 0.717) is 19.4 Å². The molecule has 0 amide bonds. The Labute approximate surface area is 167 Å². The molecule has 0 saturated carbocycles. The van der Waals surface area contributed by atoms with E-state index < -0.39 is 22.1 Å². The molecule has 1 aromatic carbocycles. The van der Waals surface area contributed by atoms with E-state index in [1.807, 2.05) is 18.2 Å². The van der Waals surface area contributed by atoms with Crippen LogP contribution in [-0.4, -0.2) is 61.4 Å². The highest BCUT2D eigenvalue weighted by Crippen LogP contribution is 2.25. The lowest BCUT2D eigenvalue weighted by Gasteiger charge is -2.33. The monoisotopic (exact) mass is 409 g/mol. The summed E-state index contributed by atoms with van der Waals surface area (Å²) in [6, 6.07) is 10.1. The molecule has 2 heterocycles. The van der Waals surface area contributed by atoms with Crippen LogP contribution < -0.4 is 4.72 Å². The second-order valence-electron chi connectivity index (χ2n) is 7.74. The molecule has 0 bridgehead atoms. The summed E-state index contributed by atoms with van der Waals surface area (Å²) in [6.07, 6.45) is 5.46. The van der Waals surface area contributed by atoms with Crippen molar-refractivity contribution in [3.8, 4) is 0 Å². The minimum Gasteiger partial charge on any atom is -0.481 e. The summed E-state index contributed by atoms with van der Waals surface area (Å²) in [7, 11) is -3.62. The summed E-state index contributed by atoms with van der Waals surface area (Å²) in [4.78, 5) is 13.5. The van der Waals surface area contributed by atoms with Gasteiger partial charge >= 0.3 is 5.97 Å². The van der Waals surface area contributed by atoms with Gasteiger partial charge in [0.1, 0.15) is 0 Å². The van der Waals surface area contributed by atoms with Gasteiger partial charge in [0, 0.05) is 25.7 Å². The van der Waals surface area contributed by atoms with Crippen molar-refractivity contribution in [2.24, 2.45) is 5.92 Å². The molecule has 1 atom stereocenters. The van der Waals surface area contributed by atoms with Gasteiger partial charge in [-0.2, -0.15) is 12.7 Å². The molecule has 156 valence electrons. The summed E-state index contributed by atoms with van der Waals surface area (Å²) >= 11 is 0. The number of carboxylic acids is 1. The molecule has 8 heteroatoms. The summed E-state index contributed by atoms with van der Waals surface area (Å²) in [6.45, 7) is 2.79. The van der Waals surface area contributed by atoms with Crippen molar-refractivity contribution >= 4 is 16.2 Å². The second-order valence-corrected chi connectivity index (χ2v) is 9.50. The summed E-state index contributed by atoms with van der Waals surface area (Å²) in [5.74, 6) is -1.28. The highest BCUT2D eigenvalue weighted by Gasteiger charge is 2.32. The maximum absolute atomic E-state index is 12.8. The Bertz CT molecular complexity index is 725. The smallest absolute Gasteiger partial charge is 0.306 e. The predicted molar refractivity (Wildman–Crippen MR) is 108 cm³/mol. The number of hydrogen-bond donors (Lipinski definition) is 2. The van der Waals surface area contributed by atoms with Crippen LogP contribution in [0.4, 0.5) is 0 Å². The van der Waals surface area contributed by atoms with Crippen molar-refractivity contribution in [3.63, 3.8) is 0 Å². The third-order valence-electron chi connectivity index (χ3n) is 5.87. The molecule has 2 saturated heterocycles. The molecule has 1 aromatic rings. The van der Waals surface area contributed by atoms with E-state index in [2.05, 4.69) is 21.8 Å². The highest BCUT2D eigenvalue weighted by atomic mass is 32.2. The minimum atomic E-state index is -3.62. The Balaban J connectivity index is 1.66. The SMILES string of the molecule is O=C(O)C1CCN(S(=O)(=O)NCC(c2ccccc2)N2CCCCCC2)CC1. The number of benzene rings is 1. The van der Waals surface area contributed by atoms with Crippen LogP contribution >= 0.6 is 0 Å². The molecule has 2 fully saturated rings. The lowest BCUT2D eigenvalue weighted by atomic mass is 9.99. The third-order valence-corrected chi connectivity index (χ3v) is 7.44. The van der Waals surface area contributed by atoms with Crippen LogP contribution in [0.2, 0.25) is 0 Å². The molecular weight excluding hydrogens is 378 g/mol. The number of piperidine rings is 1. The van der Waals surface area contributed by atoms with Gasteiger partial charge in [-0.25, -0.2) is 4.72 Å². The zero-order valence-corrected chi connectivity index (χ0v) is 17.1. The van der Waals surface area contributed by atoms with Gasteiger partial charge in [-0.05, 0) is 44.3 Å². The van der Waals surface area contributed by atoms with Crippen LogP contribution in [0, 0.1) is 5.92 Å². The van der Waals surface area contributed by atoms with Gasteiger partial charge in [-0.15, -0.1) is 0 Å². The summed E-state index contributed by atoms with van der Waals surface area (Å²) < 4.78 is 29.8. The van der Waals surface area contributed by atoms with E-state index in [0.717, 1.165) is 31.5 Å². The number of carbonyl (C=O) groups is 1. The van der Waals surface area contributed by atoms with Gasteiger partial charge < -0.3 is 5.11 Å². The molecule has 3 rings (SSSR count). The van der Waals surface area contributed by atoms with Crippen molar-refractivity contribution in [1.29, 1.82) is 0 Å². The van der Waals surface area contributed by atoms with Crippen LogP contribution in [0.1, 0.15) is 50.1 Å². The van der Waals surface area contributed by atoms with E-state index in [1.54, 1.807) is 0 Å². The zero-order chi connectivity index (χ0) is 20.0. The van der Waals surface area contributed by atoms with Crippen LogP contribution in [0.5, 0.6) is 0 Å². The first-order chi connectivity index (χ1) is 13.5. The number of nitrogens with zero attached hydrogens (tertiary/aromatic N) is 2.